The van der Waals surface area contributed by atoms with Crippen LogP contribution in [0, 0.1) is 18.8 Å². The highest BCUT2D eigenvalue weighted by molar-refractivity contribution is 6.30. The molecule has 4 nitrogen and oxygen atoms in total. The predicted octanol–water partition coefficient (Wildman–Crippen LogP) is 4.62. The van der Waals surface area contributed by atoms with E-state index < -0.39 is 0 Å². The van der Waals surface area contributed by atoms with Crippen LogP contribution in [0.2, 0.25) is 5.02 Å². The van der Waals surface area contributed by atoms with Crippen LogP contribution in [-0.4, -0.2) is 41.9 Å². The maximum atomic E-state index is 12.6. The number of rotatable bonds is 4. The minimum atomic E-state index is 0.121. The van der Waals surface area contributed by atoms with E-state index in [-0.39, 0.29) is 5.91 Å². The molecule has 1 atom stereocenters. The molecule has 0 bridgehead atoms. The summed E-state index contributed by atoms with van der Waals surface area (Å²) in [5.74, 6) is 2.33. The van der Waals surface area contributed by atoms with Crippen molar-refractivity contribution in [2.45, 2.75) is 32.7 Å². The molecular formula is C22H27ClN2O2. The molecule has 2 aliphatic rings. The van der Waals surface area contributed by atoms with Crippen LogP contribution in [0.3, 0.4) is 0 Å². The molecule has 0 N–H and O–H groups in total. The number of likely N-dealkylation sites (tertiary alicyclic amines) is 2. The first-order chi connectivity index (χ1) is 13.1. The number of carbonyl (C=O) groups is 1. The zero-order valence-corrected chi connectivity index (χ0v) is 16.6. The van der Waals surface area contributed by atoms with Gasteiger partial charge in [-0.3, -0.25) is 9.69 Å². The molecule has 144 valence electrons. The van der Waals surface area contributed by atoms with Crippen LogP contribution >= 0.6 is 11.6 Å². The summed E-state index contributed by atoms with van der Waals surface area (Å²) >= 11 is 5.98. The molecule has 27 heavy (non-hydrogen) atoms. The molecule has 4 rings (SSSR count). The number of amides is 1. The van der Waals surface area contributed by atoms with Gasteiger partial charge in [0.05, 0.1) is 11.8 Å². The highest BCUT2D eigenvalue weighted by Crippen LogP contribution is 2.33. The molecule has 5 heteroatoms. The van der Waals surface area contributed by atoms with Gasteiger partial charge in [0.1, 0.15) is 5.76 Å². The van der Waals surface area contributed by atoms with Gasteiger partial charge in [-0.15, -0.1) is 0 Å². The second-order valence-corrected chi connectivity index (χ2v) is 8.37. The lowest BCUT2D eigenvalue weighted by atomic mass is 9.83. The zero-order valence-electron chi connectivity index (χ0n) is 15.9. The van der Waals surface area contributed by atoms with Gasteiger partial charge in [0.2, 0.25) is 0 Å². The van der Waals surface area contributed by atoms with Crippen LogP contribution in [-0.2, 0) is 6.54 Å². The summed E-state index contributed by atoms with van der Waals surface area (Å²) in [5.41, 5.74) is 2.04. The first kappa shape index (κ1) is 18.6. The molecule has 0 aliphatic carbocycles. The number of hydrogen-bond acceptors (Lipinski definition) is 3. The Morgan fingerprint density at radius 3 is 2.44 bits per heavy atom. The van der Waals surface area contributed by atoms with E-state index in [1.165, 1.54) is 25.1 Å². The highest BCUT2D eigenvalue weighted by Gasteiger charge is 2.33. The topological polar surface area (TPSA) is 36.7 Å². The number of halogens is 1. The van der Waals surface area contributed by atoms with Gasteiger partial charge in [0.25, 0.3) is 5.91 Å². The Morgan fingerprint density at radius 1 is 1.07 bits per heavy atom. The normalized spacial score (nSPS) is 21.7. The van der Waals surface area contributed by atoms with Crippen molar-refractivity contribution >= 4 is 17.5 Å². The Hall–Kier alpha value is -1.78. The number of hydrogen-bond donors (Lipinski definition) is 0. The third kappa shape index (κ3) is 4.22. The van der Waals surface area contributed by atoms with Crippen LogP contribution in [0.15, 0.2) is 41.0 Å². The number of furan rings is 1. The minimum absolute atomic E-state index is 0.121. The monoisotopic (exact) mass is 386 g/mol. The molecule has 0 radical (unpaired) electrons. The van der Waals surface area contributed by atoms with Crippen LogP contribution in [0.5, 0.6) is 0 Å². The standard InChI is InChI=1S/C22H27ClN2O2/c1-16-21(9-13-27-16)22(26)25-11-7-18(8-12-25)19-6-10-24(15-19)14-17-2-4-20(23)5-3-17/h2-5,9,13,18-19H,6-8,10-12,14-15H2,1H3. The lowest BCUT2D eigenvalue weighted by Gasteiger charge is -2.35. The minimum Gasteiger partial charge on any atom is -0.469 e. The number of carbonyl (C=O) groups excluding carboxylic acids is 1. The van der Waals surface area contributed by atoms with Gasteiger partial charge in [-0.05, 0) is 68.3 Å². The predicted molar refractivity (Wildman–Crippen MR) is 107 cm³/mol. The molecule has 1 aromatic heterocycles. The second-order valence-electron chi connectivity index (χ2n) is 7.93. The SMILES string of the molecule is Cc1occc1C(=O)N1CCC(C2CCN(Cc3ccc(Cl)cc3)C2)CC1. The molecular weight excluding hydrogens is 360 g/mol. The van der Waals surface area contributed by atoms with Crippen molar-refractivity contribution in [3.8, 4) is 0 Å². The smallest absolute Gasteiger partial charge is 0.257 e. The molecule has 0 saturated carbocycles. The van der Waals surface area contributed by atoms with E-state index >= 15 is 0 Å². The van der Waals surface area contributed by atoms with Crippen LogP contribution in [0.1, 0.15) is 40.9 Å². The highest BCUT2D eigenvalue weighted by atomic mass is 35.5. The average molecular weight is 387 g/mol. The van der Waals surface area contributed by atoms with E-state index in [0.29, 0.717) is 5.56 Å². The summed E-state index contributed by atoms with van der Waals surface area (Å²) in [5, 5.41) is 0.796. The second kappa shape index (κ2) is 8.07. The van der Waals surface area contributed by atoms with Crippen molar-refractivity contribution in [3.63, 3.8) is 0 Å². The molecule has 1 aromatic carbocycles. The van der Waals surface area contributed by atoms with E-state index in [4.69, 9.17) is 16.0 Å². The van der Waals surface area contributed by atoms with Gasteiger partial charge >= 0.3 is 0 Å². The first-order valence-corrected chi connectivity index (χ1v) is 10.3. The van der Waals surface area contributed by atoms with Gasteiger partial charge in [0, 0.05) is 31.2 Å². The van der Waals surface area contributed by atoms with Crippen molar-refractivity contribution in [2.75, 3.05) is 26.2 Å². The van der Waals surface area contributed by atoms with Crippen molar-refractivity contribution in [1.82, 2.24) is 9.80 Å². The largest absolute Gasteiger partial charge is 0.469 e. The Kier molecular flexibility index (Phi) is 5.55. The average Bonchev–Trinajstić information content (AvgIpc) is 3.32. The quantitative estimate of drug-likeness (QED) is 0.769. The first-order valence-electron chi connectivity index (χ1n) is 9.90. The lowest BCUT2D eigenvalue weighted by Crippen LogP contribution is -2.40. The van der Waals surface area contributed by atoms with Crippen LogP contribution in [0.25, 0.3) is 0 Å². The fourth-order valence-corrected chi connectivity index (χ4v) is 4.72. The number of benzene rings is 1. The maximum absolute atomic E-state index is 12.6. The van der Waals surface area contributed by atoms with E-state index in [2.05, 4.69) is 17.0 Å². The Bertz CT molecular complexity index is 778. The summed E-state index contributed by atoms with van der Waals surface area (Å²) in [7, 11) is 0. The molecule has 2 aromatic rings. The summed E-state index contributed by atoms with van der Waals surface area (Å²) in [6, 6.07) is 9.97. The molecule has 3 heterocycles. The molecule has 2 fully saturated rings. The molecule has 1 amide bonds. The van der Waals surface area contributed by atoms with E-state index in [1.54, 1.807) is 12.3 Å². The number of aryl methyl sites for hydroxylation is 1. The van der Waals surface area contributed by atoms with Gasteiger partial charge in [0.15, 0.2) is 0 Å². The van der Waals surface area contributed by atoms with Crippen LogP contribution in [0.4, 0.5) is 0 Å². The summed E-state index contributed by atoms with van der Waals surface area (Å²) in [6.45, 7) is 6.92. The van der Waals surface area contributed by atoms with Crippen LogP contribution < -0.4 is 0 Å². The number of nitrogens with zero attached hydrogens (tertiary/aromatic N) is 2. The third-order valence-electron chi connectivity index (χ3n) is 6.21. The summed E-state index contributed by atoms with van der Waals surface area (Å²) < 4.78 is 5.29. The van der Waals surface area contributed by atoms with Crippen molar-refractivity contribution in [3.05, 3.63) is 58.5 Å². The fourth-order valence-electron chi connectivity index (χ4n) is 4.59. The Morgan fingerprint density at radius 2 is 1.78 bits per heavy atom. The molecule has 0 spiro atoms. The Labute approximate surface area is 166 Å². The third-order valence-corrected chi connectivity index (χ3v) is 6.46. The maximum Gasteiger partial charge on any atom is 0.257 e. The molecule has 2 saturated heterocycles. The molecule has 2 aliphatic heterocycles. The van der Waals surface area contributed by atoms with Gasteiger partial charge in [-0.1, -0.05) is 23.7 Å². The fraction of sp³-hybridized carbons (Fsp3) is 0.500. The zero-order chi connectivity index (χ0) is 18.8. The van der Waals surface area contributed by atoms with Gasteiger partial charge in [-0.2, -0.15) is 0 Å². The number of piperidine rings is 1. The van der Waals surface area contributed by atoms with Crippen molar-refractivity contribution < 1.29 is 9.21 Å². The van der Waals surface area contributed by atoms with Crippen molar-refractivity contribution in [2.24, 2.45) is 11.8 Å². The summed E-state index contributed by atoms with van der Waals surface area (Å²) in [6.07, 6.45) is 5.10. The van der Waals surface area contributed by atoms with Crippen molar-refractivity contribution in [1.29, 1.82) is 0 Å². The van der Waals surface area contributed by atoms with E-state index in [9.17, 15) is 4.79 Å². The summed E-state index contributed by atoms with van der Waals surface area (Å²) in [4.78, 5) is 17.2. The Balaban J connectivity index is 1.27. The molecule has 1 unspecified atom stereocenters. The van der Waals surface area contributed by atoms with E-state index in [0.717, 1.165) is 55.1 Å². The lowest BCUT2D eigenvalue weighted by molar-refractivity contribution is 0.0657. The van der Waals surface area contributed by atoms with Gasteiger partial charge < -0.3 is 9.32 Å². The van der Waals surface area contributed by atoms with Gasteiger partial charge in [-0.25, -0.2) is 0 Å². The van der Waals surface area contributed by atoms with E-state index in [1.807, 2.05) is 24.0 Å².